The Kier molecular flexibility index (Phi) is 4.39. The highest BCUT2D eigenvalue weighted by molar-refractivity contribution is 6.32. The largest absolute Gasteiger partial charge is 0.493 e. The van der Waals surface area contributed by atoms with Gasteiger partial charge in [0.25, 0.3) is 5.91 Å². The summed E-state index contributed by atoms with van der Waals surface area (Å²) in [4.78, 5) is 27.6. The van der Waals surface area contributed by atoms with Crippen molar-refractivity contribution in [3.05, 3.63) is 79.9 Å². The van der Waals surface area contributed by atoms with Crippen molar-refractivity contribution < 1.29 is 18.7 Å². The smallest absolute Gasteiger partial charge is 0.336 e. The van der Waals surface area contributed by atoms with Crippen molar-refractivity contribution in [2.75, 3.05) is 6.54 Å². The van der Waals surface area contributed by atoms with E-state index in [2.05, 4.69) is 0 Å². The van der Waals surface area contributed by atoms with E-state index >= 15 is 0 Å². The zero-order valence-corrected chi connectivity index (χ0v) is 17.4. The molecule has 2 bridgehead atoms. The minimum absolute atomic E-state index is 0.141. The molecule has 1 fully saturated rings. The van der Waals surface area contributed by atoms with E-state index in [1.165, 1.54) is 21.6 Å². The lowest BCUT2D eigenvalue weighted by molar-refractivity contribution is 0.0710. The van der Waals surface area contributed by atoms with Gasteiger partial charge in [-0.25, -0.2) is 18.1 Å². The molecule has 10 heteroatoms. The SMILES string of the molecule is Cc1c(-n2c(O)c3n(c2=O)C2CC3N(C(=O)c3cc(F)cc(F)c3)C2)ccc(C#N)c1Cl. The zero-order chi connectivity index (χ0) is 22.9. The number of carbonyl (C=O) groups excluding carboxylic acids is 1. The van der Waals surface area contributed by atoms with Gasteiger partial charge in [0.1, 0.15) is 23.4 Å². The molecule has 0 spiro atoms. The number of halogens is 3. The maximum absolute atomic E-state index is 13.6. The first-order valence-corrected chi connectivity index (χ1v) is 10.1. The lowest BCUT2D eigenvalue weighted by atomic mass is 10.1. The average molecular weight is 457 g/mol. The molecule has 0 aliphatic carbocycles. The van der Waals surface area contributed by atoms with Gasteiger partial charge in [-0.15, -0.1) is 0 Å². The van der Waals surface area contributed by atoms with E-state index in [0.717, 1.165) is 16.7 Å². The van der Waals surface area contributed by atoms with Crippen molar-refractivity contribution in [2.45, 2.75) is 25.4 Å². The third-order valence-corrected chi connectivity index (χ3v) is 6.63. The fraction of sp³-hybridized carbons (Fsp3) is 0.227. The number of nitrogens with zero attached hydrogens (tertiary/aromatic N) is 4. The van der Waals surface area contributed by atoms with Crippen molar-refractivity contribution in [3.63, 3.8) is 0 Å². The zero-order valence-electron chi connectivity index (χ0n) is 16.6. The second-order valence-corrected chi connectivity index (χ2v) is 8.28. The number of rotatable bonds is 2. The minimum atomic E-state index is -0.864. The maximum atomic E-state index is 13.6. The van der Waals surface area contributed by atoms with Gasteiger partial charge in [-0.05, 0) is 43.2 Å². The van der Waals surface area contributed by atoms with E-state index in [-0.39, 0.29) is 40.3 Å². The third kappa shape index (κ3) is 2.69. The van der Waals surface area contributed by atoms with Gasteiger partial charge < -0.3 is 10.0 Å². The van der Waals surface area contributed by atoms with Gasteiger partial charge in [0.15, 0.2) is 0 Å². The van der Waals surface area contributed by atoms with Crippen LogP contribution in [-0.4, -0.2) is 31.6 Å². The summed E-state index contributed by atoms with van der Waals surface area (Å²) in [5, 5.41) is 20.3. The van der Waals surface area contributed by atoms with Crippen LogP contribution in [0.4, 0.5) is 8.78 Å². The van der Waals surface area contributed by atoms with E-state index < -0.39 is 29.3 Å². The highest BCUT2D eigenvalue weighted by atomic mass is 35.5. The number of aromatic nitrogens is 2. The Balaban J connectivity index is 1.59. The molecule has 2 aliphatic rings. The maximum Gasteiger partial charge on any atom is 0.336 e. The number of aromatic hydroxyl groups is 1. The Morgan fingerprint density at radius 3 is 2.59 bits per heavy atom. The molecule has 2 unspecified atom stereocenters. The quantitative estimate of drug-likeness (QED) is 0.638. The third-order valence-electron chi connectivity index (χ3n) is 6.15. The van der Waals surface area contributed by atoms with Crippen molar-refractivity contribution in [1.82, 2.24) is 14.0 Å². The molecule has 32 heavy (non-hydrogen) atoms. The number of carbonyl (C=O) groups is 1. The molecule has 2 aromatic carbocycles. The van der Waals surface area contributed by atoms with Gasteiger partial charge in [0, 0.05) is 18.2 Å². The number of benzene rings is 2. The normalized spacial score (nSPS) is 18.7. The molecule has 0 radical (unpaired) electrons. The number of amides is 1. The topological polar surface area (TPSA) is 91.3 Å². The molecule has 1 N–H and O–H groups in total. The number of imidazole rings is 1. The van der Waals surface area contributed by atoms with Crippen LogP contribution in [0.3, 0.4) is 0 Å². The lowest BCUT2D eigenvalue weighted by Crippen LogP contribution is -2.38. The molecule has 1 saturated heterocycles. The Bertz CT molecular complexity index is 1400. The molecule has 3 aromatic rings. The average Bonchev–Trinajstić information content (AvgIpc) is 3.41. The van der Waals surface area contributed by atoms with Crippen LogP contribution in [0.15, 0.2) is 35.1 Å². The first-order valence-electron chi connectivity index (χ1n) is 9.75. The summed E-state index contributed by atoms with van der Waals surface area (Å²) in [5.74, 6) is -2.65. The number of hydrogen-bond acceptors (Lipinski definition) is 4. The summed E-state index contributed by atoms with van der Waals surface area (Å²) in [7, 11) is 0. The number of likely N-dealkylation sites (tertiary alicyclic amines) is 1. The van der Waals surface area contributed by atoms with E-state index in [0.29, 0.717) is 23.7 Å². The van der Waals surface area contributed by atoms with Gasteiger partial charge in [0.05, 0.1) is 28.4 Å². The molecule has 5 rings (SSSR count). The molecule has 7 nitrogen and oxygen atoms in total. The van der Waals surface area contributed by atoms with E-state index in [9.17, 15) is 23.5 Å². The summed E-state index contributed by atoms with van der Waals surface area (Å²) in [6.45, 7) is 1.81. The Labute approximate surface area is 185 Å². The fourth-order valence-electron chi connectivity index (χ4n) is 4.73. The fourth-order valence-corrected chi connectivity index (χ4v) is 4.94. The van der Waals surface area contributed by atoms with E-state index in [1.54, 1.807) is 6.92 Å². The second-order valence-electron chi connectivity index (χ2n) is 7.90. The molecule has 3 heterocycles. The standard InChI is InChI=1S/C22H15ClF2N4O3/c1-10-16(3-2-11(8-26)18(10)23)29-21(31)19-17-7-15(28(19)22(29)32)9-27(17)20(30)12-4-13(24)6-14(25)5-12/h2-6,15,17,31H,7,9H2,1H3. The summed E-state index contributed by atoms with van der Waals surface area (Å²) >= 11 is 6.23. The van der Waals surface area contributed by atoms with Gasteiger partial charge in [-0.2, -0.15) is 5.26 Å². The highest BCUT2D eigenvalue weighted by Gasteiger charge is 2.49. The predicted octanol–water partition coefficient (Wildman–Crippen LogP) is 3.60. The molecular weight excluding hydrogens is 442 g/mol. The molecule has 1 amide bonds. The van der Waals surface area contributed by atoms with Crippen LogP contribution < -0.4 is 5.69 Å². The van der Waals surface area contributed by atoms with E-state index in [1.807, 2.05) is 6.07 Å². The van der Waals surface area contributed by atoms with Crippen LogP contribution in [0.2, 0.25) is 5.02 Å². The number of nitriles is 1. The Hall–Kier alpha value is -3.64. The van der Waals surface area contributed by atoms with Gasteiger partial charge in [-0.3, -0.25) is 9.36 Å². The van der Waals surface area contributed by atoms with Crippen LogP contribution in [-0.2, 0) is 0 Å². The predicted molar refractivity (Wildman–Crippen MR) is 110 cm³/mol. The Morgan fingerprint density at radius 1 is 1.25 bits per heavy atom. The monoisotopic (exact) mass is 456 g/mol. The van der Waals surface area contributed by atoms with Gasteiger partial charge in [-0.1, -0.05) is 11.6 Å². The molecule has 2 atom stereocenters. The summed E-state index contributed by atoms with van der Waals surface area (Å²) in [5.41, 5.74) is 0.642. The molecule has 162 valence electrons. The van der Waals surface area contributed by atoms with Crippen molar-refractivity contribution in [2.24, 2.45) is 0 Å². The number of hydrogen-bond donors (Lipinski definition) is 1. The molecule has 1 aromatic heterocycles. The Morgan fingerprint density at radius 2 is 1.94 bits per heavy atom. The van der Waals surface area contributed by atoms with Gasteiger partial charge >= 0.3 is 5.69 Å². The summed E-state index contributed by atoms with van der Waals surface area (Å²) < 4.78 is 29.8. The minimum Gasteiger partial charge on any atom is -0.493 e. The van der Waals surface area contributed by atoms with Crippen LogP contribution in [0.25, 0.3) is 5.69 Å². The van der Waals surface area contributed by atoms with Crippen molar-refractivity contribution >= 4 is 17.5 Å². The summed E-state index contributed by atoms with van der Waals surface area (Å²) in [6, 6.07) is 6.54. The van der Waals surface area contributed by atoms with Crippen molar-refractivity contribution in [3.8, 4) is 17.6 Å². The van der Waals surface area contributed by atoms with Crippen LogP contribution in [0.1, 0.15) is 45.7 Å². The van der Waals surface area contributed by atoms with E-state index in [4.69, 9.17) is 16.9 Å². The van der Waals surface area contributed by atoms with Crippen molar-refractivity contribution in [1.29, 1.82) is 5.26 Å². The van der Waals surface area contributed by atoms with Gasteiger partial charge in [0.2, 0.25) is 5.88 Å². The summed E-state index contributed by atoms with van der Waals surface area (Å²) in [6.07, 6.45) is 0.412. The molecular formula is C22H15ClF2N4O3. The lowest BCUT2D eigenvalue weighted by Gasteiger charge is -2.27. The highest BCUT2D eigenvalue weighted by Crippen LogP contribution is 2.49. The van der Waals surface area contributed by atoms with Crippen LogP contribution in [0.5, 0.6) is 5.88 Å². The molecule has 2 aliphatic heterocycles. The van der Waals surface area contributed by atoms with Crippen LogP contribution >= 0.6 is 11.6 Å². The molecule has 0 saturated carbocycles. The van der Waals surface area contributed by atoms with Crippen LogP contribution in [0, 0.1) is 29.9 Å². The first kappa shape index (κ1) is 20.3. The number of fused-ring (bicyclic) bond motifs is 5. The first-order chi connectivity index (χ1) is 15.2. The second kappa shape index (κ2) is 6.93.